The normalized spacial score (nSPS) is 12.2. The molecule has 0 spiro atoms. The first kappa shape index (κ1) is 28.2. The Morgan fingerprint density at radius 2 is 0.786 bits per heavy atom. The molecular weight excluding hydrogens is 528 g/mol. The Labute approximate surface area is 244 Å². The second kappa shape index (κ2) is 13.3. The number of ether oxygens (including phenoxy) is 2. The second-order valence-electron chi connectivity index (χ2n) is 9.90. The minimum atomic E-state index is -1.03. The largest absolute Gasteiger partial charge is 0.478 e. The van der Waals surface area contributed by atoms with Gasteiger partial charge in [-0.05, 0) is 57.6 Å². The van der Waals surface area contributed by atoms with Gasteiger partial charge in [0.25, 0.3) is 0 Å². The van der Waals surface area contributed by atoms with Crippen LogP contribution in [0.4, 0.5) is 0 Å². The van der Waals surface area contributed by atoms with Crippen LogP contribution in [0.5, 0.6) is 11.5 Å². The van der Waals surface area contributed by atoms with Crippen molar-refractivity contribution in [3.05, 3.63) is 145 Å². The van der Waals surface area contributed by atoms with Gasteiger partial charge in [0.05, 0.1) is 0 Å². The summed E-state index contributed by atoms with van der Waals surface area (Å²) >= 11 is 0. The predicted octanol–water partition coefficient (Wildman–Crippen LogP) is 7.17. The summed E-state index contributed by atoms with van der Waals surface area (Å²) in [6.45, 7) is 0. The molecule has 0 radical (unpaired) electrons. The molecule has 0 aliphatic carbocycles. The molecule has 0 aliphatic heterocycles. The zero-order chi connectivity index (χ0) is 29.3. The van der Waals surface area contributed by atoms with Gasteiger partial charge in [-0.25, -0.2) is 9.59 Å². The van der Waals surface area contributed by atoms with Crippen LogP contribution in [-0.4, -0.2) is 34.4 Å². The number of aliphatic carboxylic acids is 2. The van der Waals surface area contributed by atoms with Gasteiger partial charge in [0.15, 0.2) is 12.2 Å². The lowest BCUT2D eigenvalue weighted by atomic mass is 10.0. The smallest absolute Gasteiger partial charge is 0.345 e. The van der Waals surface area contributed by atoms with E-state index in [2.05, 4.69) is 0 Å². The lowest BCUT2D eigenvalue weighted by molar-refractivity contribution is -0.145. The van der Waals surface area contributed by atoms with Crippen LogP contribution in [0, 0.1) is 0 Å². The van der Waals surface area contributed by atoms with E-state index < -0.39 is 24.1 Å². The van der Waals surface area contributed by atoms with Crippen molar-refractivity contribution in [2.24, 2.45) is 0 Å². The summed E-state index contributed by atoms with van der Waals surface area (Å²) in [5.74, 6) is -1.09. The average Bonchev–Trinajstić information content (AvgIpc) is 3.02. The number of carboxylic acid groups (broad SMARTS) is 2. The molecule has 0 amide bonds. The van der Waals surface area contributed by atoms with Gasteiger partial charge in [0, 0.05) is 12.8 Å². The van der Waals surface area contributed by atoms with Crippen molar-refractivity contribution in [3.63, 3.8) is 0 Å². The highest BCUT2D eigenvalue weighted by Gasteiger charge is 2.21. The SMILES string of the molecule is O=C(O)[C@H](Cc1ccccc1)Oc1ccc(-c2ccc(C[C@@H](Oc3ccc(-c4ccccc4)cc3)C(=O)O)cc2)cc1. The molecule has 0 saturated heterocycles. The molecule has 210 valence electrons. The standard InChI is InChI=1S/C36H30O6/c37-35(38)33(23-25-7-3-1-4-8-25)41-32-21-17-30(18-22-32)28-13-11-26(12-14-28)24-34(36(39)40)42-31-19-15-29(16-20-31)27-9-5-2-6-10-27/h1-22,33-34H,23-24H2,(H,37,38)(H,39,40)/t33-,34+/m0/s1. The third kappa shape index (κ3) is 7.43. The minimum Gasteiger partial charge on any atom is -0.478 e. The van der Waals surface area contributed by atoms with Gasteiger partial charge in [0.2, 0.25) is 0 Å². The van der Waals surface area contributed by atoms with E-state index in [1.165, 1.54) is 0 Å². The molecular formula is C36H30O6. The molecule has 5 rings (SSSR count). The molecule has 0 fully saturated rings. The van der Waals surface area contributed by atoms with Crippen molar-refractivity contribution in [1.29, 1.82) is 0 Å². The Morgan fingerprint density at radius 3 is 1.19 bits per heavy atom. The zero-order valence-electron chi connectivity index (χ0n) is 22.8. The van der Waals surface area contributed by atoms with E-state index in [9.17, 15) is 19.8 Å². The highest BCUT2D eigenvalue weighted by atomic mass is 16.5. The van der Waals surface area contributed by atoms with E-state index >= 15 is 0 Å². The van der Waals surface area contributed by atoms with Crippen molar-refractivity contribution >= 4 is 11.9 Å². The molecule has 42 heavy (non-hydrogen) atoms. The molecule has 0 heterocycles. The minimum absolute atomic E-state index is 0.209. The van der Waals surface area contributed by atoms with E-state index in [0.717, 1.165) is 33.4 Å². The summed E-state index contributed by atoms with van der Waals surface area (Å²) in [6, 6.07) is 41.6. The lowest BCUT2D eigenvalue weighted by Crippen LogP contribution is -2.29. The Balaban J connectivity index is 1.20. The number of hydrogen-bond acceptors (Lipinski definition) is 4. The van der Waals surface area contributed by atoms with E-state index in [1.54, 1.807) is 24.3 Å². The third-order valence-corrected chi connectivity index (χ3v) is 6.90. The summed E-state index contributed by atoms with van der Waals surface area (Å²) in [4.78, 5) is 23.7. The van der Waals surface area contributed by atoms with Crippen LogP contribution >= 0.6 is 0 Å². The highest BCUT2D eigenvalue weighted by molar-refractivity contribution is 5.74. The van der Waals surface area contributed by atoms with Crippen molar-refractivity contribution in [3.8, 4) is 33.8 Å². The topological polar surface area (TPSA) is 93.1 Å². The number of carboxylic acids is 2. The summed E-state index contributed by atoms with van der Waals surface area (Å²) < 4.78 is 11.6. The van der Waals surface area contributed by atoms with Gasteiger partial charge in [-0.1, -0.05) is 109 Å². The molecule has 5 aromatic rings. The molecule has 0 bridgehead atoms. The van der Waals surface area contributed by atoms with Crippen molar-refractivity contribution < 1.29 is 29.3 Å². The van der Waals surface area contributed by atoms with Crippen LogP contribution in [0.25, 0.3) is 22.3 Å². The molecule has 0 unspecified atom stereocenters. The Morgan fingerprint density at radius 1 is 0.452 bits per heavy atom. The third-order valence-electron chi connectivity index (χ3n) is 6.90. The highest BCUT2D eigenvalue weighted by Crippen LogP contribution is 2.26. The van der Waals surface area contributed by atoms with Gasteiger partial charge in [-0.3, -0.25) is 0 Å². The van der Waals surface area contributed by atoms with E-state index in [0.29, 0.717) is 11.5 Å². The first-order valence-corrected chi connectivity index (χ1v) is 13.6. The maximum atomic E-state index is 12.0. The molecule has 5 aromatic carbocycles. The fraction of sp³-hybridized carbons (Fsp3) is 0.111. The summed E-state index contributed by atoms with van der Waals surface area (Å²) in [7, 11) is 0. The van der Waals surface area contributed by atoms with E-state index in [1.807, 2.05) is 109 Å². The van der Waals surface area contributed by atoms with Crippen LogP contribution in [0.1, 0.15) is 11.1 Å². The number of rotatable bonds is 12. The van der Waals surface area contributed by atoms with Gasteiger partial charge >= 0.3 is 11.9 Å². The number of benzene rings is 5. The van der Waals surface area contributed by atoms with Crippen molar-refractivity contribution in [1.82, 2.24) is 0 Å². The maximum Gasteiger partial charge on any atom is 0.345 e. The summed E-state index contributed by atoms with van der Waals surface area (Å²) in [6.07, 6.45) is -1.56. The van der Waals surface area contributed by atoms with Gasteiger partial charge < -0.3 is 19.7 Å². The zero-order valence-corrected chi connectivity index (χ0v) is 22.8. The summed E-state index contributed by atoms with van der Waals surface area (Å²) in [5.41, 5.74) is 5.69. The lowest BCUT2D eigenvalue weighted by Gasteiger charge is -2.16. The number of carbonyl (C=O) groups is 2. The average molecular weight is 559 g/mol. The maximum absolute atomic E-state index is 12.0. The molecule has 6 heteroatoms. The fourth-order valence-electron chi connectivity index (χ4n) is 4.65. The first-order valence-electron chi connectivity index (χ1n) is 13.6. The Bertz CT molecular complexity index is 1600. The first-order chi connectivity index (χ1) is 20.4. The molecule has 0 aliphatic rings. The number of hydrogen-bond donors (Lipinski definition) is 2. The fourth-order valence-corrected chi connectivity index (χ4v) is 4.65. The van der Waals surface area contributed by atoms with Crippen LogP contribution in [0.2, 0.25) is 0 Å². The quantitative estimate of drug-likeness (QED) is 0.169. The molecule has 0 aromatic heterocycles. The van der Waals surface area contributed by atoms with Crippen molar-refractivity contribution in [2.75, 3.05) is 0 Å². The molecule has 2 atom stereocenters. The monoisotopic (exact) mass is 558 g/mol. The van der Waals surface area contributed by atoms with Crippen LogP contribution < -0.4 is 9.47 Å². The van der Waals surface area contributed by atoms with Gasteiger partial charge in [-0.2, -0.15) is 0 Å². The van der Waals surface area contributed by atoms with E-state index in [4.69, 9.17) is 9.47 Å². The van der Waals surface area contributed by atoms with Crippen LogP contribution in [0.3, 0.4) is 0 Å². The predicted molar refractivity (Wildman–Crippen MR) is 162 cm³/mol. The van der Waals surface area contributed by atoms with E-state index in [-0.39, 0.29) is 12.8 Å². The van der Waals surface area contributed by atoms with Gasteiger partial charge in [0.1, 0.15) is 11.5 Å². The van der Waals surface area contributed by atoms with Crippen LogP contribution in [-0.2, 0) is 22.4 Å². The van der Waals surface area contributed by atoms with Gasteiger partial charge in [-0.15, -0.1) is 0 Å². The summed E-state index contributed by atoms with van der Waals surface area (Å²) in [5, 5.41) is 19.4. The molecule has 0 saturated carbocycles. The van der Waals surface area contributed by atoms with Crippen molar-refractivity contribution in [2.45, 2.75) is 25.0 Å². The molecule has 2 N–H and O–H groups in total. The molecule has 6 nitrogen and oxygen atoms in total. The second-order valence-corrected chi connectivity index (χ2v) is 9.90. The Hall–Kier alpha value is -5.36. The van der Waals surface area contributed by atoms with Crippen LogP contribution in [0.15, 0.2) is 133 Å². The Kier molecular flexibility index (Phi) is 8.94.